The predicted octanol–water partition coefficient (Wildman–Crippen LogP) is 2.56. The molecule has 2 aromatic rings. The molecule has 0 unspecified atom stereocenters. The number of sulfone groups is 1. The quantitative estimate of drug-likeness (QED) is 0.567. The molecule has 0 saturated carbocycles. The van der Waals surface area contributed by atoms with Gasteiger partial charge >= 0.3 is 0 Å². The molecule has 0 fully saturated rings. The monoisotopic (exact) mass is 400 g/mol. The van der Waals surface area contributed by atoms with Gasteiger partial charge in [0.15, 0.2) is 15.0 Å². The van der Waals surface area contributed by atoms with Gasteiger partial charge in [0.25, 0.3) is 0 Å². The van der Waals surface area contributed by atoms with Gasteiger partial charge in [0, 0.05) is 12.8 Å². The average molecular weight is 401 g/mol. The Hall–Kier alpha value is -1.84. The van der Waals surface area contributed by atoms with E-state index in [1.807, 2.05) is 11.5 Å². The first-order valence-electron chi connectivity index (χ1n) is 7.15. The summed E-state index contributed by atoms with van der Waals surface area (Å²) in [5.41, 5.74) is 0.249. The van der Waals surface area contributed by atoms with Crippen LogP contribution in [-0.4, -0.2) is 41.1 Å². The molecule has 0 aliphatic heterocycles. The Labute approximate surface area is 155 Å². The van der Waals surface area contributed by atoms with Crippen LogP contribution in [0.4, 0.5) is 5.69 Å². The smallest absolute Gasteiger partial charge is 0.234 e. The second kappa shape index (κ2) is 8.03. The summed E-state index contributed by atoms with van der Waals surface area (Å²) < 4.78 is 25.1. The molecule has 0 aliphatic carbocycles. The van der Waals surface area contributed by atoms with Crippen LogP contribution in [0, 0.1) is 6.92 Å². The largest absolute Gasteiger partial charge is 0.324 e. The van der Waals surface area contributed by atoms with Crippen LogP contribution >= 0.6 is 23.4 Å². The number of hydrogen-bond acceptors (Lipinski definition) is 6. The Balaban J connectivity index is 2.07. The molecule has 7 nitrogen and oxygen atoms in total. The van der Waals surface area contributed by atoms with E-state index < -0.39 is 9.84 Å². The van der Waals surface area contributed by atoms with Crippen LogP contribution in [0.2, 0.25) is 5.02 Å². The lowest BCUT2D eigenvalue weighted by molar-refractivity contribution is -0.113. The lowest BCUT2D eigenvalue weighted by Crippen LogP contribution is -2.15. The zero-order valence-corrected chi connectivity index (χ0v) is 16.1. The van der Waals surface area contributed by atoms with Crippen molar-refractivity contribution >= 4 is 44.8 Å². The molecule has 25 heavy (non-hydrogen) atoms. The van der Waals surface area contributed by atoms with E-state index in [9.17, 15) is 13.2 Å². The summed E-state index contributed by atoms with van der Waals surface area (Å²) in [6.45, 7) is 6.04. The number of carbonyl (C=O) groups is 1. The predicted molar refractivity (Wildman–Crippen MR) is 98.9 cm³/mol. The maximum atomic E-state index is 12.2. The van der Waals surface area contributed by atoms with Crippen molar-refractivity contribution in [3.63, 3.8) is 0 Å². The standard InChI is InChI=1S/C15H17ClN4O3S2/c1-4-7-20-10(2)18-19-15(20)24-9-14(21)17-13-8-11(25(3,22)23)5-6-12(13)16/h4-6,8H,1,7,9H2,2-3H3,(H,17,21). The van der Waals surface area contributed by atoms with E-state index in [0.717, 1.165) is 12.1 Å². The van der Waals surface area contributed by atoms with E-state index in [1.54, 1.807) is 6.08 Å². The number of aromatic nitrogens is 3. The van der Waals surface area contributed by atoms with Crippen molar-refractivity contribution in [2.75, 3.05) is 17.3 Å². The second-order valence-electron chi connectivity index (χ2n) is 5.18. The van der Waals surface area contributed by atoms with Crippen molar-refractivity contribution in [1.29, 1.82) is 0 Å². The minimum Gasteiger partial charge on any atom is -0.324 e. The van der Waals surface area contributed by atoms with Crippen molar-refractivity contribution in [2.45, 2.75) is 23.5 Å². The summed E-state index contributed by atoms with van der Waals surface area (Å²) in [6, 6.07) is 4.16. The molecule has 10 heteroatoms. The van der Waals surface area contributed by atoms with Crippen LogP contribution < -0.4 is 5.32 Å². The minimum atomic E-state index is -3.39. The third-order valence-electron chi connectivity index (χ3n) is 3.19. The fraction of sp³-hybridized carbons (Fsp3) is 0.267. The van der Waals surface area contributed by atoms with Crippen LogP contribution in [-0.2, 0) is 21.2 Å². The zero-order chi connectivity index (χ0) is 18.6. The molecular weight excluding hydrogens is 384 g/mol. The molecule has 0 atom stereocenters. The highest BCUT2D eigenvalue weighted by Gasteiger charge is 2.14. The first kappa shape index (κ1) is 19.5. The molecule has 1 aromatic carbocycles. The van der Waals surface area contributed by atoms with Crippen LogP contribution in [0.25, 0.3) is 0 Å². The van der Waals surface area contributed by atoms with Crippen LogP contribution in [0.1, 0.15) is 5.82 Å². The van der Waals surface area contributed by atoms with Gasteiger partial charge in [0.05, 0.1) is 21.4 Å². The number of nitrogens with zero attached hydrogens (tertiary/aromatic N) is 3. The molecule has 2 rings (SSSR count). The van der Waals surface area contributed by atoms with Gasteiger partial charge in [-0.2, -0.15) is 0 Å². The van der Waals surface area contributed by atoms with E-state index >= 15 is 0 Å². The molecular formula is C15H17ClN4O3S2. The Morgan fingerprint density at radius 1 is 1.44 bits per heavy atom. The summed E-state index contributed by atoms with van der Waals surface area (Å²) in [5, 5.41) is 11.5. The maximum absolute atomic E-state index is 12.2. The first-order chi connectivity index (χ1) is 11.7. The fourth-order valence-electron chi connectivity index (χ4n) is 1.95. The lowest BCUT2D eigenvalue weighted by Gasteiger charge is -2.09. The number of rotatable bonds is 7. The highest BCUT2D eigenvalue weighted by molar-refractivity contribution is 7.99. The van der Waals surface area contributed by atoms with Crippen molar-refractivity contribution in [2.24, 2.45) is 0 Å². The van der Waals surface area contributed by atoms with Gasteiger partial charge in [-0.1, -0.05) is 29.4 Å². The van der Waals surface area contributed by atoms with Gasteiger partial charge in [-0.05, 0) is 25.1 Å². The SMILES string of the molecule is C=CCn1c(C)nnc1SCC(=O)Nc1cc(S(C)(=O)=O)ccc1Cl. The van der Waals surface area contributed by atoms with Gasteiger partial charge in [-0.15, -0.1) is 16.8 Å². The number of halogens is 1. The summed E-state index contributed by atoms with van der Waals surface area (Å²) in [5.74, 6) is 0.476. The van der Waals surface area contributed by atoms with E-state index in [1.165, 1.54) is 30.0 Å². The molecule has 1 amide bonds. The number of benzene rings is 1. The summed E-state index contributed by atoms with van der Waals surface area (Å²) in [4.78, 5) is 12.2. The Morgan fingerprint density at radius 2 is 2.16 bits per heavy atom. The molecule has 1 heterocycles. The number of anilines is 1. The first-order valence-corrected chi connectivity index (χ1v) is 10.4. The third-order valence-corrected chi connectivity index (χ3v) is 5.59. The molecule has 0 aliphatic rings. The third kappa shape index (κ3) is 5.07. The van der Waals surface area contributed by atoms with Crippen molar-refractivity contribution in [1.82, 2.24) is 14.8 Å². The molecule has 0 radical (unpaired) electrons. The van der Waals surface area contributed by atoms with Crippen LogP contribution in [0.5, 0.6) is 0 Å². The highest BCUT2D eigenvalue weighted by atomic mass is 35.5. The van der Waals surface area contributed by atoms with Crippen molar-refractivity contribution < 1.29 is 13.2 Å². The van der Waals surface area contributed by atoms with Gasteiger partial charge in [0.2, 0.25) is 5.91 Å². The maximum Gasteiger partial charge on any atom is 0.234 e. The number of aryl methyl sites for hydroxylation is 1. The Morgan fingerprint density at radius 3 is 2.80 bits per heavy atom. The van der Waals surface area contributed by atoms with Gasteiger partial charge in [-0.25, -0.2) is 8.42 Å². The van der Waals surface area contributed by atoms with Crippen LogP contribution in [0.3, 0.4) is 0 Å². The van der Waals surface area contributed by atoms with Crippen molar-refractivity contribution in [3.05, 3.63) is 41.7 Å². The summed E-state index contributed by atoms with van der Waals surface area (Å²) >= 11 is 7.24. The van der Waals surface area contributed by atoms with Crippen LogP contribution in [0.15, 0.2) is 40.9 Å². The average Bonchev–Trinajstić information content (AvgIpc) is 2.87. The lowest BCUT2D eigenvalue weighted by atomic mass is 10.3. The molecule has 1 aromatic heterocycles. The topological polar surface area (TPSA) is 93.9 Å². The number of allylic oxidation sites excluding steroid dienone is 1. The van der Waals surface area contributed by atoms with E-state index in [0.29, 0.717) is 11.7 Å². The number of thioether (sulfide) groups is 1. The molecule has 0 bridgehead atoms. The molecule has 0 saturated heterocycles. The summed E-state index contributed by atoms with van der Waals surface area (Å²) in [7, 11) is -3.39. The van der Waals surface area contributed by atoms with Crippen molar-refractivity contribution in [3.8, 4) is 0 Å². The van der Waals surface area contributed by atoms with E-state index in [2.05, 4.69) is 22.1 Å². The second-order valence-corrected chi connectivity index (χ2v) is 8.55. The van der Waals surface area contributed by atoms with E-state index in [4.69, 9.17) is 11.6 Å². The van der Waals surface area contributed by atoms with Gasteiger partial charge < -0.3 is 9.88 Å². The normalized spacial score (nSPS) is 11.3. The molecule has 1 N–H and O–H groups in total. The Bertz CT molecular complexity index is 909. The van der Waals surface area contributed by atoms with E-state index in [-0.39, 0.29) is 27.3 Å². The molecule has 0 spiro atoms. The number of nitrogens with one attached hydrogen (secondary N) is 1. The number of carbonyl (C=O) groups excluding carboxylic acids is 1. The number of amides is 1. The summed E-state index contributed by atoms with van der Waals surface area (Å²) in [6.07, 6.45) is 2.81. The molecule has 134 valence electrons. The fourth-order valence-corrected chi connectivity index (χ4v) is 3.56. The van der Waals surface area contributed by atoms with Gasteiger partial charge in [-0.3, -0.25) is 4.79 Å². The van der Waals surface area contributed by atoms with Gasteiger partial charge in [0.1, 0.15) is 5.82 Å². The number of hydrogen-bond donors (Lipinski definition) is 1. The zero-order valence-electron chi connectivity index (χ0n) is 13.7. The highest BCUT2D eigenvalue weighted by Crippen LogP contribution is 2.26. The minimum absolute atomic E-state index is 0.0781. The Kier molecular flexibility index (Phi) is 6.26.